The molecular weight excluding hydrogens is 216 g/mol. The average molecular weight is 232 g/mol. The molecule has 0 amide bonds. The van der Waals surface area contributed by atoms with E-state index in [4.69, 9.17) is 5.73 Å². The smallest absolute Gasteiger partial charge is 0.137 e. The number of anilines is 3. The van der Waals surface area contributed by atoms with Crippen LogP contribution < -0.4 is 16.4 Å². The second kappa shape index (κ2) is 5.31. The lowest BCUT2D eigenvalue weighted by atomic mass is 10.4. The fourth-order valence-electron chi connectivity index (χ4n) is 1.47. The zero-order valence-electron chi connectivity index (χ0n) is 9.70. The third-order valence-electron chi connectivity index (χ3n) is 2.15. The van der Waals surface area contributed by atoms with Crippen molar-refractivity contribution in [1.82, 2.24) is 15.0 Å². The minimum atomic E-state index is 0.572. The van der Waals surface area contributed by atoms with Crippen molar-refractivity contribution in [2.75, 3.05) is 23.7 Å². The first-order chi connectivity index (χ1) is 8.28. The summed E-state index contributed by atoms with van der Waals surface area (Å²) in [5, 5.41) is 6.29. The van der Waals surface area contributed by atoms with E-state index >= 15 is 0 Å². The number of aryl methyl sites for hydroxylation is 1. The maximum Gasteiger partial charge on any atom is 0.137 e. The summed E-state index contributed by atoms with van der Waals surface area (Å²) < 4.78 is 0. The molecule has 0 bridgehead atoms. The molecule has 6 nitrogen and oxygen atoms in total. The molecule has 6 heteroatoms. The van der Waals surface area contributed by atoms with Gasteiger partial charge >= 0.3 is 0 Å². The summed E-state index contributed by atoms with van der Waals surface area (Å²) >= 11 is 0. The summed E-state index contributed by atoms with van der Waals surface area (Å²) in [6, 6.07) is 5.71. The highest BCUT2D eigenvalue weighted by Crippen LogP contribution is 2.15. The Balaban J connectivity index is 2.13. The molecule has 0 aliphatic heterocycles. The first-order valence-corrected chi connectivity index (χ1v) is 5.48. The standard InChI is InChI=1S/C11H16N6/c1-8-15-10(14-6-4-12)7-11(16-8)17-9-3-2-5-13-9/h2-3,5,7,13H,4,6,12H2,1H3,(H2,14,15,16,17). The predicted octanol–water partition coefficient (Wildman–Crippen LogP) is 1.23. The number of nitrogens with two attached hydrogens (primary N) is 1. The Bertz CT molecular complexity index is 465. The Kier molecular flexibility index (Phi) is 3.56. The van der Waals surface area contributed by atoms with Gasteiger partial charge in [0.2, 0.25) is 0 Å². The summed E-state index contributed by atoms with van der Waals surface area (Å²) in [6.45, 7) is 3.12. The zero-order chi connectivity index (χ0) is 12.1. The van der Waals surface area contributed by atoms with Crippen LogP contribution in [0.3, 0.4) is 0 Å². The molecule has 2 rings (SSSR count). The van der Waals surface area contributed by atoms with E-state index in [1.165, 1.54) is 0 Å². The van der Waals surface area contributed by atoms with E-state index in [-0.39, 0.29) is 0 Å². The Morgan fingerprint density at radius 3 is 2.88 bits per heavy atom. The molecule has 90 valence electrons. The van der Waals surface area contributed by atoms with Crippen molar-refractivity contribution in [2.24, 2.45) is 5.73 Å². The van der Waals surface area contributed by atoms with Crippen LogP contribution in [0.4, 0.5) is 17.5 Å². The van der Waals surface area contributed by atoms with Crippen LogP contribution in [-0.2, 0) is 0 Å². The van der Waals surface area contributed by atoms with Gasteiger partial charge in [-0.3, -0.25) is 0 Å². The van der Waals surface area contributed by atoms with E-state index in [0.29, 0.717) is 18.9 Å². The van der Waals surface area contributed by atoms with Gasteiger partial charge in [0.25, 0.3) is 0 Å². The lowest BCUT2D eigenvalue weighted by molar-refractivity contribution is 0.987. The van der Waals surface area contributed by atoms with Crippen LogP contribution in [0.25, 0.3) is 0 Å². The van der Waals surface area contributed by atoms with E-state index < -0.39 is 0 Å². The normalized spacial score (nSPS) is 10.2. The van der Waals surface area contributed by atoms with Gasteiger partial charge in [0.15, 0.2) is 0 Å². The SMILES string of the molecule is Cc1nc(NCCN)cc(Nc2ccc[nH]2)n1. The Labute approximate surface area is 99.7 Å². The molecule has 0 radical (unpaired) electrons. The highest BCUT2D eigenvalue weighted by atomic mass is 15.1. The summed E-state index contributed by atoms with van der Waals surface area (Å²) in [4.78, 5) is 11.6. The van der Waals surface area contributed by atoms with E-state index in [9.17, 15) is 0 Å². The van der Waals surface area contributed by atoms with Gasteiger partial charge in [-0.05, 0) is 19.1 Å². The van der Waals surface area contributed by atoms with Crippen LogP contribution in [0, 0.1) is 6.92 Å². The molecule has 0 saturated heterocycles. The molecule has 17 heavy (non-hydrogen) atoms. The van der Waals surface area contributed by atoms with Gasteiger partial charge in [-0.2, -0.15) is 0 Å². The summed E-state index contributed by atoms with van der Waals surface area (Å²) in [7, 11) is 0. The molecule has 0 spiro atoms. The second-order valence-corrected chi connectivity index (χ2v) is 3.61. The molecule has 0 unspecified atom stereocenters. The lowest BCUT2D eigenvalue weighted by Crippen LogP contribution is -2.14. The van der Waals surface area contributed by atoms with Gasteiger partial charge in [0.1, 0.15) is 23.3 Å². The van der Waals surface area contributed by atoms with Crippen LogP contribution >= 0.6 is 0 Å². The number of nitrogens with zero attached hydrogens (tertiary/aromatic N) is 2. The number of H-pyrrole nitrogens is 1. The van der Waals surface area contributed by atoms with Crippen molar-refractivity contribution in [3.63, 3.8) is 0 Å². The van der Waals surface area contributed by atoms with E-state index in [1.54, 1.807) is 0 Å². The molecule has 5 N–H and O–H groups in total. The van der Waals surface area contributed by atoms with Crippen molar-refractivity contribution in [2.45, 2.75) is 6.92 Å². The maximum absolute atomic E-state index is 5.44. The average Bonchev–Trinajstić information content (AvgIpc) is 2.78. The van der Waals surface area contributed by atoms with E-state index in [2.05, 4.69) is 25.6 Å². The largest absolute Gasteiger partial charge is 0.369 e. The number of nitrogens with one attached hydrogen (secondary N) is 3. The van der Waals surface area contributed by atoms with Crippen molar-refractivity contribution >= 4 is 17.5 Å². The molecule has 0 saturated carbocycles. The molecule has 0 aliphatic rings. The van der Waals surface area contributed by atoms with Gasteiger partial charge in [0, 0.05) is 25.4 Å². The van der Waals surface area contributed by atoms with Crippen LogP contribution in [0.1, 0.15) is 5.82 Å². The molecule has 2 aromatic rings. The molecule has 0 fully saturated rings. The third kappa shape index (κ3) is 3.18. The van der Waals surface area contributed by atoms with Crippen molar-refractivity contribution in [3.8, 4) is 0 Å². The van der Waals surface area contributed by atoms with Crippen LogP contribution in [0.15, 0.2) is 24.4 Å². The Hall–Kier alpha value is -2.08. The topological polar surface area (TPSA) is 91.6 Å². The van der Waals surface area contributed by atoms with Gasteiger partial charge in [-0.15, -0.1) is 0 Å². The molecule has 0 aromatic carbocycles. The quantitative estimate of drug-likeness (QED) is 0.622. The number of hydrogen-bond acceptors (Lipinski definition) is 5. The van der Waals surface area contributed by atoms with E-state index in [1.807, 2.05) is 31.3 Å². The highest BCUT2D eigenvalue weighted by Gasteiger charge is 2.02. The molecule has 0 aliphatic carbocycles. The Morgan fingerprint density at radius 1 is 1.35 bits per heavy atom. The number of aromatic nitrogens is 3. The van der Waals surface area contributed by atoms with Gasteiger partial charge in [-0.1, -0.05) is 0 Å². The molecule has 2 aromatic heterocycles. The lowest BCUT2D eigenvalue weighted by Gasteiger charge is -2.08. The second-order valence-electron chi connectivity index (χ2n) is 3.61. The minimum absolute atomic E-state index is 0.572. The maximum atomic E-state index is 5.44. The van der Waals surface area contributed by atoms with E-state index in [0.717, 1.165) is 17.5 Å². The van der Waals surface area contributed by atoms with Crippen LogP contribution in [0.5, 0.6) is 0 Å². The molecule has 2 heterocycles. The summed E-state index contributed by atoms with van der Waals surface area (Å²) in [6.07, 6.45) is 1.85. The summed E-state index contributed by atoms with van der Waals surface area (Å²) in [5.41, 5.74) is 5.44. The Morgan fingerprint density at radius 2 is 2.18 bits per heavy atom. The van der Waals surface area contributed by atoms with Gasteiger partial charge < -0.3 is 21.4 Å². The zero-order valence-corrected chi connectivity index (χ0v) is 9.70. The fraction of sp³-hybridized carbons (Fsp3) is 0.273. The highest BCUT2D eigenvalue weighted by molar-refractivity contribution is 5.56. The van der Waals surface area contributed by atoms with Crippen molar-refractivity contribution in [1.29, 1.82) is 0 Å². The minimum Gasteiger partial charge on any atom is -0.369 e. The predicted molar refractivity (Wildman–Crippen MR) is 68.4 cm³/mol. The number of aromatic amines is 1. The van der Waals surface area contributed by atoms with Crippen LogP contribution in [-0.4, -0.2) is 28.0 Å². The van der Waals surface area contributed by atoms with Gasteiger partial charge in [0.05, 0.1) is 0 Å². The van der Waals surface area contributed by atoms with Gasteiger partial charge in [-0.25, -0.2) is 9.97 Å². The first kappa shape index (κ1) is 11.4. The van der Waals surface area contributed by atoms with Crippen LogP contribution in [0.2, 0.25) is 0 Å². The number of rotatable bonds is 5. The van der Waals surface area contributed by atoms with Crippen molar-refractivity contribution < 1.29 is 0 Å². The first-order valence-electron chi connectivity index (χ1n) is 5.48. The number of hydrogen-bond donors (Lipinski definition) is 4. The van der Waals surface area contributed by atoms with Crippen molar-refractivity contribution in [3.05, 3.63) is 30.2 Å². The molecule has 0 atom stereocenters. The fourth-order valence-corrected chi connectivity index (χ4v) is 1.47. The summed E-state index contributed by atoms with van der Waals surface area (Å²) in [5.74, 6) is 3.13. The molecular formula is C11H16N6. The monoisotopic (exact) mass is 232 g/mol. The third-order valence-corrected chi connectivity index (χ3v) is 2.15.